The molecule has 1 aliphatic heterocycles. The van der Waals surface area contributed by atoms with Gasteiger partial charge in [0.2, 0.25) is 0 Å². The van der Waals surface area contributed by atoms with Crippen LogP contribution in [0.15, 0.2) is 42.6 Å². The number of methoxy groups -OCH3 is 2. The zero-order valence-corrected chi connectivity index (χ0v) is 13.1. The number of fused-ring (bicyclic) bond motifs is 2. The van der Waals surface area contributed by atoms with E-state index in [0.29, 0.717) is 11.5 Å². The fourth-order valence-corrected chi connectivity index (χ4v) is 3.13. The van der Waals surface area contributed by atoms with Gasteiger partial charge in [0.1, 0.15) is 0 Å². The SMILES string of the molecule is COc1cc2nncc(N3Cc4ccccc4C3)c2cc1OC. The van der Waals surface area contributed by atoms with Gasteiger partial charge in [-0.25, -0.2) is 0 Å². The Bertz CT molecular complexity index is 854. The van der Waals surface area contributed by atoms with Crippen LogP contribution in [0.2, 0.25) is 0 Å². The molecule has 3 aromatic rings. The van der Waals surface area contributed by atoms with E-state index in [2.05, 4.69) is 39.4 Å². The second kappa shape index (κ2) is 5.43. The third-order valence-corrected chi connectivity index (χ3v) is 4.30. The fourth-order valence-electron chi connectivity index (χ4n) is 3.13. The minimum Gasteiger partial charge on any atom is -0.493 e. The molecule has 1 aromatic heterocycles. The first-order valence-electron chi connectivity index (χ1n) is 7.49. The lowest BCUT2D eigenvalue weighted by molar-refractivity contribution is 0.355. The van der Waals surface area contributed by atoms with Crippen LogP contribution in [0.5, 0.6) is 11.5 Å². The Morgan fingerprint density at radius 3 is 2.26 bits per heavy atom. The molecule has 5 heteroatoms. The van der Waals surface area contributed by atoms with Gasteiger partial charge in [0.05, 0.1) is 31.6 Å². The second-order valence-corrected chi connectivity index (χ2v) is 5.58. The first-order valence-corrected chi connectivity index (χ1v) is 7.49. The average Bonchev–Trinajstić information content (AvgIpc) is 3.03. The van der Waals surface area contributed by atoms with Gasteiger partial charge in [-0.15, -0.1) is 0 Å². The number of anilines is 1. The number of ether oxygens (including phenoxy) is 2. The van der Waals surface area contributed by atoms with Gasteiger partial charge < -0.3 is 14.4 Å². The smallest absolute Gasteiger partial charge is 0.162 e. The largest absolute Gasteiger partial charge is 0.493 e. The number of hydrogen-bond donors (Lipinski definition) is 0. The van der Waals surface area contributed by atoms with Gasteiger partial charge in [-0.1, -0.05) is 24.3 Å². The first-order chi connectivity index (χ1) is 11.3. The summed E-state index contributed by atoms with van der Waals surface area (Å²) in [6.07, 6.45) is 1.82. The van der Waals surface area contributed by atoms with Gasteiger partial charge >= 0.3 is 0 Å². The van der Waals surface area contributed by atoms with Crippen LogP contribution in [-0.2, 0) is 13.1 Å². The Labute approximate surface area is 134 Å². The van der Waals surface area contributed by atoms with Gasteiger partial charge in [-0.05, 0) is 17.2 Å². The highest BCUT2D eigenvalue weighted by Gasteiger charge is 2.21. The predicted molar refractivity (Wildman–Crippen MR) is 89.0 cm³/mol. The average molecular weight is 307 g/mol. The molecule has 23 heavy (non-hydrogen) atoms. The van der Waals surface area contributed by atoms with Crippen molar-refractivity contribution in [3.63, 3.8) is 0 Å². The van der Waals surface area contributed by atoms with Crippen molar-refractivity contribution in [2.75, 3.05) is 19.1 Å². The second-order valence-electron chi connectivity index (χ2n) is 5.58. The predicted octanol–water partition coefficient (Wildman–Crippen LogP) is 3.17. The molecule has 0 aliphatic carbocycles. The highest BCUT2D eigenvalue weighted by Crippen LogP contribution is 2.37. The van der Waals surface area contributed by atoms with Gasteiger partial charge in [0, 0.05) is 24.5 Å². The molecule has 0 bridgehead atoms. The summed E-state index contributed by atoms with van der Waals surface area (Å²) in [5.41, 5.74) is 4.58. The standard InChI is InChI=1S/C18H17N3O2/c1-22-17-7-14-15(8-18(17)23-2)20-19-9-16(14)21-10-12-5-3-4-6-13(12)11-21/h3-9H,10-11H2,1-2H3. The molecule has 2 heterocycles. The van der Waals surface area contributed by atoms with Crippen LogP contribution in [0.4, 0.5) is 5.69 Å². The van der Waals surface area contributed by atoms with Crippen LogP contribution in [0.25, 0.3) is 10.9 Å². The molecule has 4 rings (SSSR count). The highest BCUT2D eigenvalue weighted by molar-refractivity contribution is 5.93. The summed E-state index contributed by atoms with van der Waals surface area (Å²) in [6.45, 7) is 1.76. The van der Waals surface area contributed by atoms with Crippen molar-refractivity contribution in [3.05, 3.63) is 53.7 Å². The quantitative estimate of drug-likeness (QED) is 0.744. The summed E-state index contributed by atoms with van der Waals surface area (Å²) in [5, 5.41) is 9.42. The molecule has 0 saturated heterocycles. The Kier molecular flexibility index (Phi) is 3.26. The molecule has 5 nitrogen and oxygen atoms in total. The van der Waals surface area contributed by atoms with E-state index in [-0.39, 0.29) is 0 Å². The number of nitrogens with zero attached hydrogens (tertiary/aromatic N) is 3. The van der Waals surface area contributed by atoms with Gasteiger partial charge in [0.25, 0.3) is 0 Å². The highest BCUT2D eigenvalue weighted by atomic mass is 16.5. The topological polar surface area (TPSA) is 47.5 Å². The van der Waals surface area contributed by atoms with Gasteiger partial charge in [-0.2, -0.15) is 10.2 Å². The summed E-state index contributed by atoms with van der Waals surface area (Å²) in [5.74, 6) is 1.36. The summed E-state index contributed by atoms with van der Waals surface area (Å²) < 4.78 is 10.8. The lowest BCUT2D eigenvalue weighted by Gasteiger charge is -2.19. The molecule has 0 fully saturated rings. The number of rotatable bonds is 3. The molecule has 116 valence electrons. The Balaban J connectivity index is 1.82. The zero-order valence-electron chi connectivity index (χ0n) is 13.1. The molecule has 0 atom stereocenters. The first kappa shape index (κ1) is 13.8. The summed E-state index contributed by atoms with van der Waals surface area (Å²) in [4.78, 5) is 2.31. The molecule has 0 radical (unpaired) electrons. The number of hydrogen-bond acceptors (Lipinski definition) is 5. The minimum absolute atomic E-state index is 0.663. The van der Waals surface area contributed by atoms with Crippen molar-refractivity contribution in [1.29, 1.82) is 0 Å². The summed E-state index contributed by atoms with van der Waals surface area (Å²) in [6, 6.07) is 12.4. The van der Waals surface area contributed by atoms with Crippen LogP contribution in [-0.4, -0.2) is 24.4 Å². The van der Waals surface area contributed by atoms with Crippen LogP contribution in [0.1, 0.15) is 11.1 Å². The van der Waals surface area contributed by atoms with Crippen LogP contribution < -0.4 is 14.4 Å². The van der Waals surface area contributed by atoms with Crippen molar-refractivity contribution in [3.8, 4) is 11.5 Å². The third-order valence-electron chi connectivity index (χ3n) is 4.30. The number of benzene rings is 2. The van der Waals surface area contributed by atoms with Crippen LogP contribution >= 0.6 is 0 Å². The van der Waals surface area contributed by atoms with E-state index in [1.165, 1.54) is 11.1 Å². The molecule has 0 spiro atoms. The molecule has 0 amide bonds. The van der Waals surface area contributed by atoms with E-state index < -0.39 is 0 Å². The lowest BCUT2D eigenvalue weighted by Crippen LogP contribution is -2.15. The van der Waals surface area contributed by atoms with Crippen LogP contribution in [0, 0.1) is 0 Å². The van der Waals surface area contributed by atoms with E-state index in [1.54, 1.807) is 14.2 Å². The third kappa shape index (κ3) is 2.25. The Morgan fingerprint density at radius 1 is 0.957 bits per heavy atom. The van der Waals surface area contributed by atoms with Gasteiger partial charge in [0.15, 0.2) is 11.5 Å². The van der Waals surface area contributed by atoms with Crippen molar-refractivity contribution >= 4 is 16.6 Å². The normalized spacial score (nSPS) is 13.2. The molecule has 0 saturated carbocycles. The summed E-state index contributed by atoms with van der Waals surface area (Å²) >= 11 is 0. The van der Waals surface area contributed by atoms with Crippen molar-refractivity contribution in [2.24, 2.45) is 0 Å². The van der Waals surface area contributed by atoms with Crippen molar-refractivity contribution in [2.45, 2.75) is 13.1 Å². The maximum Gasteiger partial charge on any atom is 0.162 e. The zero-order chi connectivity index (χ0) is 15.8. The van der Waals surface area contributed by atoms with Gasteiger partial charge in [-0.3, -0.25) is 0 Å². The van der Waals surface area contributed by atoms with Crippen LogP contribution in [0.3, 0.4) is 0 Å². The monoisotopic (exact) mass is 307 g/mol. The summed E-state index contributed by atoms with van der Waals surface area (Å²) in [7, 11) is 3.27. The van der Waals surface area contributed by atoms with Crippen molar-refractivity contribution in [1.82, 2.24) is 10.2 Å². The molecular weight excluding hydrogens is 290 g/mol. The maximum atomic E-state index is 5.43. The van der Waals surface area contributed by atoms with E-state index >= 15 is 0 Å². The minimum atomic E-state index is 0.663. The van der Waals surface area contributed by atoms with E-state index in [0.717, 1.165) is 29.7 Å². The molecule has 0 unspecified atom stereocenters. The van der Waals surface area contributed by atoms with Crippen molar-refractivity contribution < 1.29 is 9.47 Å². The number of aromatic nitrogens is 2. The van der Waals surface area contributed by atoms with E-state index in [9.17, 15) is 0 Å². The van der Waals surface area contributed by atoms with E-state index in [1.807, 2.05) is 18.3 Å². The Hall–Kier alpha value is -2.82. The fraction of sp³-hybridized carbons (Fsp3) is 0.222. The maximum absolute atomic E-state index is 5.43. The molecule has 2 aromatic carbocycles. The molecular formula is C18H17N3O2. The van der Waals surface area contributed by atoms with E-state index in [4.69, 9.17) is 9.47 Å². The Morgan fingerprint density at radius 2 is 1.61 bits per heavy atom. The lowest BCUT2D eigenvalue weighted by atomic mass is 10.1. The molecule has 1 aliphatic rings. The molecule has 0 N–H and O–H groups in total.